The van der Waals surface area contributed by atoms with Gasteiger partial charge in [-0.2, -0.15) is 0 Å². The predicted octanol–water partition coefficient (Wildman–Crippen LogP) is 0.867. The largest absolute Gasteiger partial charge is 0.469 e. The van der Waals surface area contributed by atoms with Gasteiger partial charge in [0.15, 0.2) is 0 Å². The van der Waals surface area contributed by atoms with Crippen LogP contribution < -0.4 is 10.6 Å². The van der Waals surface area contributed by atoms with Crippen LogP contribution in [0.2, 0.25) is 0 Å². The van der Waals surface area contributed by atoms with Crippen LogP contribution in [0.25, 0.3) is 0 Å². The molecule has 1 amide bonds. The first kappa shape index (κ1) is 17.2. The molecule has 1 aliphatic heterocycles. The van der Waals surface area contributed by atoms with Crippen molar-refractivity contribution in [3.63, 3.8) is 0 Å². The highest BCUT2D eigenvalue weighted by Gasteiger charge is 2.14. The maximum absolute atomic E-state index is 11.5. The van der Waals surface area contributed by atoms with Crippen molar-refractivity contribution in [1.82, 2.24) is 10.6 Å². The highest BCUT2D eigenvalue weighted by molar-refractivity contribution is 5.85. The highest BCUT2D eigenvalue weighted by atomic mass is 35.5. The molecule has 0 aromatic heterocycles. The molecule has 0 unspecified atom stereocenters. The van der Waals surface area contributed by atoms with E-state index in [2.05, 4.69) is 15.4 Å². The Morgan fingerprint density at radius 2 is 1.94 bits per heavy atom. The number of hydrogen-bond donors (Lipinski definition) is 2. The monoisotopic (exact) mass is 278 g/mol. The molecule has 1 heterocycles. The van der Waals surface area contributed by atoms with Crippen LogP contribution in [-0.2, 0) is 14.3 Å². The smallest absolute Gasteiger partial charge is 0.307 e. The van der Waals surface area contributed by atoms with Gasteiger partial charge in [0.2, 0.25) is 5.91 Å². The van der Waals surface area contributed by atoms with Crippen molar-refractivity contribution in [2.75, 3.05) is 26.7 Å². The number of piperidine rings is 1. The summed E-state index contributed by atoms with van der Waals surface area (Å²) in [5.74, 6) is 0.415. The van der Waals surface area contributed by atoms with Crippen molar-refractivity contribution < 1.29 is 14.3 Å². The van der Waals surface area contributed by atoms with Crippen LogP contribution in [0.5, 0.6) is 0 Å². The van der Waals surface area contributed by atoms with E-state index in [-0.39, 0.29) is 30.7 Å². The average Bonchev–Trinajstić information content (AvgIpc) is 2.37. The van der Waals surface area contributed by atoms with Gasteiger partial charge in [-0.3, -0.25) is 9.59 Å². The predicted molar refractivity (Wildman–Crippen MR) is 71.7 cm³/mol. The fourth-order valence-electron chi connectivity index (χ4n) is 2.00. The molecule has 1 rings (SSSR count). The molecule has 1 fully saturated rings. The standard InChI is InChI=1S/C12H22N2O3.ClH/c1-17-12(16)6-9-14-11(15)3-2-10-4-7-13-8-5-10;/h10,13H,2-9H2,1H3,(H,14,15);1H. The first-order valence-electron chi connectivity index (χ1n) is 6.26. The van der Waals surface area contributed by atoms with Crippen molar-refractivity contribution in [3.05, 3.63) is 0 Å². The van der Waals surface area contributed by atoms with Crippen LogP contribution in [0.1, 0.15) is 32.1 Å². The van der Waals surface area contributed by atoms with E-state index in [9.17, 15) is 9.59 Å². The van der Waals surface area contributed by atoms with Crippen molar-refractivity contribution in [2.24, 2.45) is 5.92 Å². The molecule has 0 spiro atoms. The molecule has 5 nitrogen and oxygen atoms in total. The van der Waals surface area contributed by atoms with E-state index < -0.39 is 0 Å². The van der Waals surface area contributed by atoms with E-state index in [1.807, 2.05) is 0 Å². The molecular weight excluding hydrogens is 256 g/mol. The van der Waals surface area contributed by atoms with E-state index in [4.69, 9.17) is 0 Å². The topological polar surface area (TPSA) is 67.4 Å². The van der Waals surface area contributed by atoms with Crippen molar-refractivity contribution in [2.45, 2.75) is 32.1 Å². The number of esters is 1. The summed E-state index contributed by atoms with van der Waals surface area (Å²) in [7, 11) is 1.35. The lowest BCUT2D eigenvalue weighted by molar-refractivity contribution is -0.140. The van der Waals surface area contributed by atoms with Gasteiger partial charge in [-0.25, -0.2) is 0 Å². The van der Waals surface area contributed by atoms with Gasteiger partial charge in [0.05, 0.1) is 13.5 Å². The van der Waals surface area contributed by atoms with Gasteiger partial charge in [-0.15, -0.1) is 12.4 Å². The Hall–Kier alpha value is -0.810. The summed E-state index contributed by atoms with van der Waals surface area (Å²) in [6.45, 7) is 2.50. The average molecular weight is 279 g/mol. The molecule has 1 saturated heterocycles. The Bertz CT molecular complexity index is 256. The fraction of sp³-hybridized carbons (Fsp3) is 0.833. The molecule has 18 heavy (non-hydrogen) atoms. The number of halogens is 1. The molecule has 2 N–H and O–H groups in total. The normalized spacial score (nSPS) is 15.6. The van der Waals surface area contributed by atoms with Crippen molar-refractivity contribution in [3.8, 4) is 0 Å². The number of carbonyl (C=O) groups excluding carboxylic acids is 2. The second-order valence-corrected chi connectivity index (χ2v) is 4.41. The lowest BCUT2D eigenvalue weighted by Crippen LogP contribution is -2.30. The lowest BCUT2D eigenvalue weighted by Gasteiger charge is -2.22. The van der Waals surface area contributed by atoms with Crippen LogP contribution in [0.4, 0.5) is 0 Å². The number of nitrogens with one attached hydrogen (secondary N) is 2. The molecule has 0 aliphatic carbocycles. The molecule has 1 aliphatic rings. The van der Waals surface area contributed by atoms with Gasteiger partial charge in [-0.1, -0.05) is 0 Å². The molecule has 0 bridgehead atoms. The highest BCUT2D eigenvalue weighted by Crippen LogP contribution is 2.17. The van der Waals surface area contributed by atoms with Gasteiger partial charge in [0.25, 0.3) is 0 Å². The second-order valence-electron chi connectivity index (χ2n) is 4.41. The summed E-state index contributed by atoms with van der Waals surface area (Å²) in [5, 5.41) is 6.04. The van der Waals surface area contributed by atoms with Gasteiger partial charge >= 0.3 is 5.97 Å². The van der Waals surface area contributed by atoms with E-state index >= 15 is 0 Å². The summed E-state index contributed by atoms with van der Waals surface area (Å²) in [4.78, 5) is 22.3. The maximum atomic E-state index is 11.5. The fourth-order valence-corrected chi connectivity index (χ4v) is 2.00. The van der Waals surface area contributed by atoms with Gasteiger partial charge < -0.3 is 15.4 Å². The SMILES string of the molecule is COC(=O)CCNC(=O)CCC1CCNCC1.Cl. The molecular formula is C12H23ClN2O3. The van der Waals surface area contributed by atoms with Crippen LogP contribution >= 0.6 is 12.4 Å². The van der Waals surface area contributed by atoms with Gasteiger partial charge in [0, 0.05) is 13.0 Å². The maximum Gasteiger partial charge on any atom is 0.307 e. The molecule has 0 atom stereocenters. The summed E-state index contributed by atoms with van der Waals surface area (Å²) >= 11 is 0. The Morgan fingerprint density at radius 3 is 2.56 bits per heavy atom. The zero-order chi connectivity index (χ0) is 12.5. The third-order valence-corrected chi connectivity index (χ3v) is 3.12. The molecule has 106 valence electrons. The summed E-state index contributed by atoms with van der Waals surface area (Å²) in [5.41, 5.74) is 0. The first-order valence-corrected chi connectivity index (χ1v) is 6.26. The molecule has 0 radical (unpaired) electrons. The van der Waals surface area contributed by atoms with Crippen LogP contribution in [-0.4, -0.2) is 38.6 Å². The quantitative estimate of drug-likeness (QED) is 0.708. The number of amides is 1. The Kier molecular flexibility index (Phi) is 9.69. The van der Waals surface area contributed by atoms with Crippen LogP contribution in [0, 0.1) is 5.92 Å². The zero-order valence-corrected chi connectivity index (χ0v) is 11.7. The summed E-state index contributed by atoms with van der Waals surface area (Å²) in [6.07, 6.45) is 4.08. The Labute approximate surface area is 114 Å². The Morgan fingerprint density at radius 1 is 1.28 bits per heavy atom. The number of ether oxygens (including phenoxy) is 1. The number of methoxy groups -OCH3 is 1. The Balaban J connectivity index is 0.00000289. The molecule has 6 heteroatoms. The minimum atomic E-state index is -0.288. The molecule has 0 saturated carbocycles. The van der Waals surface area contributed by atoms with E-state index in [0.29, 0.717) is 18.9 Å². The third kappa shape index (κ3) is 7.50. The lowest BCUT2D eigenvalue weighted by atomic mass is 9.93. The van der Waals surface area contributed by atoms with Crippen LogP contribution in [0.15, 0.2) is 0 Å². The third-order valence-electron chi connectivity index (χ3n) is 3.12. The van der Waals surface area contributed by atoms with E-state index in [1.165, 1.54) is 7.11 Å². The molecule has 0 aromatic carbocycles. The minimum absolute atomic E-state index is 0. The first-order chi connectivity index (χ1) is 8.22. The van der Waals surface area contributed by atoms with Crippen molar-refractivity contribution in [1.29, 1.82) is 0 Å². The summed E-state index contributed by atoms with van der Waals surface area (Å²) < 4.78 is 4.49. The number of rotatable bonds is 6. The molecule has 0 aromatic rings. The van der Waals surface area contributed by atoms with E-state index in [0.717, 1.165) is 32.4 Å². The summed E-state index contributed by atoms with van der Waals surface area (Å²) in [6, 6.07) is 0. The second kappa shape index (κ2) is 10.1. The van der Waals surface area contributed by atoms with Crippen molar-refractivity contribution >= 4 is 24.3 Å². The van der Waals surface area contributed by atoms with E-state index in [1.54, 1.807) is 0 Å². The van der Waals surface area contributed by atoms with Crippen LogP contribution in [0.3, 0.4) is 0 Å². The van der Waals surface area contributed by atoms with Gasteiger partial charge in [-0.05, 0) is 38.3 Å². The number of hydrogen-bond acceptors (Lipinski definition) is 4. The number of carbonyl (C=O) groups is 2. The zero-order valence-electron chi connectivity index (χ0n) is 10.9. The van der Waals surface area contributed by atoms with Gasteiger partial charge in [0.1, 0.15) is 0 Å². The minimum Gasteiger partial charge on any atom is -0.469 e.